The molecule has 0 radical (unpaired) electrons. The highest BCUT2D eigenvalue weighted by molar-refractivity contribution is 5.32. The first-order valence-electron chi connectivity index (χ1n) is 7.50. The smallest absolute Gasteiger partial charge is 0.119 e. The Hall–Kier alpha value is -1.02. The molecular formula is C17H25NO. The van der Waals surface area contributed by atoms with Gasteiger partial charge in [-0.1, -0.05) is 19.1 Å². The summed E-state index contributed by atoms with van der Waals surface area (Å²) in [6, 6.07) is 8.70. The van der Waals surface area contributed by atoms with Crippen LogP contribution in [0.25, 0.3) is 0 Å². The Balaban J connectivity index is 1.88. The van der Waals surface area contributed by atoms with Crippen molar-refractivity contribution in [2.75, 3.05) is 13.7 Å². The van der Waals surface area contributed by atoms with E-state index in [1.807, 2.05) is 6.07 Å². The molecule has 2 nitrogen and oxygen atoms in total. The van der Waals surface area contributed by atoms with E-state index in [4.69, 9.17) is 4.74 Å². The lowest BCUT2D eigenvalue weighted by Gasteiger charge is -2.50. The highest BCUT2D eigenvalue weighted by atomic mass is 16.5. The maximum Gasteiger partial charge on any atom is 0.119 e. The number of fused-ring (bicyclic) bond motifs is 2. The van der Waals surface area contributed by atoms with Crippen molar-refractivity contribution < 1.29 is 4.74 Å². The van der Waals surface area contributed by atoms with Crippen LogP contribution in [0.15, 0.2) is 24.3 Å². The van der Waals surface area contributed by atoms with Crippen molar-refractivity contribution in [2.45, 2.75) is 44.6 Å². The number of rotatable bonds is 2. The minimum absolute atomic E-state index is 0.381. The molecule has 19 heavy (non-hydrogen) atoms. The molecule has 1 aliphatic heterocycles. The van der Waals surface area contributed by atoms with Gasteiger partial charge in [0.2, 0.25) is 0 Å². The van der Waals surface area contributed by atoms with Crippen LogP contribution in [0.2, 0.25) is 0 Å². The number of hydrogen-bond acceptors (Lipinski definition) is 2. The molecule has 0 aromatic heterocycles. The van der Waals surface area contributed by atoms with Gasteiger partial charge in [-0.3, -0.25) is 0 Å². The molecule has 2 fully saturated rings. The van der Waals surface area contributed by atoms with Gasteiger partial charge in [0, 0.05) is 5.54 Å². The molecule has 4 unspecified atom stereocenters. The van der Waals surface area contributed by atoms with Crippen LogP contribution in [-0.4, -0.2) is 19.2 Å². The van der Waals surface area contributed by atoms with E-state index in [0.717, 1.165) is 17.6 Å². The van der Waals surface area contributed by atoms with E-state index in [0.29, 0.717) is 11.5 Å². The molecule has 1 saturated heterocycles. The zero-order valence-electron chi connectivity index (χ0n) is 12.3. The van der Waals surface area contributed by atoms with Crippen molar-refractivity contribution in [3.05, 3.63) is 29.8 Å². The Morgan fingerprint density at radius 3 is 3.00 bits per heavy atom. The summed E-state index contributed by atoms with van der Waals surface area (Å²) in [7, 11) is 1.75. The predicted molar refractivity (Wildman–Crippen MR) is 78.6 cm³/mol. The molecular weight excluding hydrogens is 234 g/mol. The number of hydrogen-bond donors (Lipinski definition) is 1. The quantitative estimate of drug-likeness (QED) is 0.876. The third-order valence-electron chi connectivity index (χ3n) is 5.31. The minimum atomic E-state index is 0.381. The van der Waals surface area contributed by atoms with E-state index in [2.05, 4.69) is 37.4 Å². The summed E-state index contributed by atoms with van der Waals surface area (Å²) in [5, 5.41) is 3.75. The lowest BCUT2D eigenvalue weighted by atomic mass is 9.62. The van der Waals surface area contributed by atoms with Gasteiger partial charge in [0.15, 0.2) is 0 Å². The Morgan fingerprint density at radius 2 is 2.21 bits per heavy atom. The van der Waals surface area contributed by atoms with Crippen LogP contribution in [0.3, 0.4) is 0 Å². The van der Waals surface area contributed by atoms with Gasteiger partial charge in [0.25, 0.3) is 0 Å². The summed E-state index contributed by atoms with van der Waals surface area (Å²) in [5.41, 5.74) is 1.85. The van der Waals surface area contributed by atoms with Gasteiger partial charge in [-0.25, -0.2) is 0 Å². The maximum absolute atomic E-state index is 5.38. The SMILES string of the molecule is COc1cccc(C2CCC3(C)CC2C(C)CN3)c1. The van der Waals surface area contributed by atoms with Crippen molar-refractivity contribution in [1.82, 2.24) is 5.32 Å². The van der Waals surface area contributed by atoms with E-state index in [1.165, 1.54) is 31.4 Å². The molecule has 104 valence electrons. The molecule has 1 heterocycles. The highest BCUT2D eigenvalue weighted by Gasteiger charge is 2.43. The standard InChI is InChI=1S/C17H25NO/c1-12-11-18-17(2)8-7-15(16(12)10-17)13-5-4-6-14(9-13)19-3/h4-6,9,12,15-16,18H,7-8,10-11H2,1-3H3. The first-order valence-corrected chi connectivity index (χ1v) is 7.50. The second kappa shape index (κ2) is 4.82. The molecule has 2 bridgehead atoms. The Kier molecular flexibility index (Phi) is 3.30. The third-order valence-corrected chi connectivity index (χ3v) is 5.31. The van der Waals surface area contributed by atoms with Crippen LogP contribution in [0.1, 0.15) is 44.6 Å². The fourth-order valence-corrected chi connectivity index (χ4v) is 4.06. The van der Waals surface area contributed by atoms with Crippen molar-refractivity contribution >= 4 is 0 Å². The molecule has 4 atom stereocenters. The first kappa shape index (κ1) is 13.0. The normalized spacial score (nSPS) is 37.9. The van der Waals surface area contributed by atoms with E-state index in [9.17, 15) is 0 Å². The van der Waals surface area contributed by atoms with Gasteiger partial charge >= 0.3 is 0 Å². The van der Waals surface area contributed by atoms with Crippen LogP contribution in [0.5, 0.6) is 5.75 Å². The molecule has 3 rings (SSSR count). The number of methoxy groups -OCH3 is 1. The topological polar surface area (TPSA) is 21.3 Å². The van der Waals surface area contributed by atoms with Crippen LogP contribution < -0.4 is 10.1 Å². The zero-order chi connectivity index (χ0) is 13.5. The van der Waals surface area contributed by atoms with E-state index >= 15 is 0 Å². The molecule has 1 N–H and O–H groups in total. The van der Waals surface area contributed by atoms with Crippen molar-refractivity contribution in [1.29, 1.82) is 0 Å². The Labute approximate surface area is 116 Å². The molecule has 0 spiro atoms. The number of benzene rings is 1. The third kappa shape index (κ3) is 2.38. The zero-order valence-corrected chi connectivity index (χ0v) is 12.3. The van der Waals surface area contributed by atoms with Crippen LogP contribution in [-0.2, 0) is 0 Å². The van der Waals surface area contributed by atoms with Gasteiger partial charge in [0.1, 0.15) is 5.75 Å². The predicted octanol–water partition coefficient (Wildman–Crippen LogP) is 3.58. The Morgan fingerprint density at radius 1 is 1.37 bits per heavy atom. The summed E-state index contributed by atoms with van der Waals surface area (Å²) in [5.74, 6) is 3.28. The van der Waals surface area contributed by atoms with E-state index in [1.54, 1.807) is 7.11 Å². The van der Waals surface area contributed by atoms with Gasteiger partial charge in [0.05, 0.1) is 7.11 Å². The average Bonchev–Trinajstić information content (AvgIpc) is 2.44. The molecule has 0 amide bonds. The van der Waals surface area contributed by atoms with E-state index < -0.39 is 0 Å². The average molecular weight is 259 g/mol. The van der Waals surface area contributed by atoms with Gasteiger partial charge < -0.3 is 10.1 Å². The van der Waals surface area contributed by atoms with Crippen molar-refractivity contribution in [3.63, 3.8) is 0 Å². The van der Waals surface area contributed by atoms with Crippen molar-refractivity contribution in [3.8, 4) is 5.75 Å². The summed E-state index contributed by atoms with van der Waals surface area (Å²) in [6.45, 7) is 5.96. The molecule has 2 heteroatoms. The summed E-state index contributed by atoms with van der Waals surface area (Å²) in [4.78, 5) is 0. The fourth-order valence-electron chi connectivity index (χ4n) is 4.06. The van der Waals surface area contributed by atoms with Crippen molar-refractivity contribution in [2.24, 2.45) is 11.8 Å². The summed E-state index contributed by atoms with van der Waals surface area (Å²) in [6.07, 6.45) is 3.90. The largest absolute Gasteiger partial charge is 0.497 e. The lowest BCUT2D eigenvalue weighted by molar-refractivity contribution is 0.0802. The molecule has 1 saturated carbocycles. The minimum Gasteiger partial charge on any atom is -0.497 e. The lowest BCUT2D eigenvalue weighted by Crippen LogP contribution is -2.55. The fraction of sp³-hybridized carbons (Fsp3) is 0.647. The summed E-state index contributed by atoms with van der Waals surface area (Å²) < 4.78 is 5.38. The second-order valence-corrected chi connectivity index (χ2v) is 6.71. The molecule has 1 aliphatic carbocycles. The van der Waals surface area contributed by atoms with E-state index in [-0.39, 0.29) is 0 Å². The summed E-state index contributed by atoms with van der Waals surface area (Å²) >= 11 is 0. The second-order valence-electron chi connectivity index (χ2n) is 6.71. The molecule has 1 aromatic carbocycles. The van der Waals surface area contributed by atoms with Crippen LogP contribution in [0.4, 0.5) is 0 Å². The van der Waals surface area contributed by atoms with Gasteiger partial charge in [-0.15, -0.1) is 0 Å². The van der Waals surface area contributed by atoms with Gasteiger partial charge in [-0.05, 0) is 68.2 Å². The maximum atomic E-state index is 5.38. The Bertz CT molecular complexity index is 458. The van der Waals surface area contributed by atoms with Gasteiger partial charge in [-0.2, -0.15) is 0 Å². The molecule has 1 aromatic rings. The number of nitrogens with one attached hydrogen (secondary N) is 1. The first-order chi connectivity index (χ1) is 9.11. The van der Waals surface area contributed by atoms with Crippen LogP contribution in [0, 0.1) is 11.8 Å². The van der Waals surface area contributed by atoms with Crippen LogP contribution >= 0.6 is 0 Å². The number of ether oxygens (including phenoxy) is 1. The number of piperidine rings is 1. The highest BCUT2D eigenvalue weighted by Crippen LogP contribution is 2.48. The monoisotopic (exact) mass is 259 g/mol. The molecule has 2 aliphatic rings.